The maximum atomic E-state index is 12.1. The number of hydrogen-bond acceptors (Lipinski definition) is 5. The smallest absolute Gasteiger partial charge is 0.410 e. The number of amides is 1. The van der Waals surface area contributed by atoms with Crippen molar-refractivity contribution in [1.29, 1.82) is 0 Å². The second-order valence-corrected chi connectivity index (χ2v) is 7.25. The molecule has 0 aromatic carbocycles. The van der Waals surface area contributed by atoms with E-state index in [9.17, 15) is 4.79 Å². The van der Waals surface area contributed by atoms with E-state index >= 15 is 0 Å². The van der Waals surface area contributed by atoms with E-state index in [4.69, 9.17) is 15.7 Å². The van der Waals surface area contributed by atoms with Crippen molar-refractivity contribution in [2.24, 2.45) is 10.9 Å². The molecule has 1 unspecified atom stereocenters. The van der Waals surface area contributed by atoms with Crippen LogP contribution in [0.1, 0.15) is 40.0 Å². The molecule has 7 nitrogen and oxygen atoms in total. The molecule has 2 aliphatic rings. The normalized spacial score (nSPS) is 23.1. The van der Waals surface area contributed by atoms with Crippen LogP contribution in [0.15, 0.2) is 29.0 Å². The number of amidine groups is 1. The first kappa shape index (κ1) is 18.3. The van der Waals surface area contributed by atoms with Gasteiger partial charge in [0, 0.05) is 30.7 Å². The molecule has 1 atom stereocenters. The molecular weight excluding hydrogens is 308 g/mol. The number of oxime groups is 1. The zero-order chi connectivity index (χ0) is 17.7. The molecule has 1 aliphatic carbocycles. The zero-order valence-electron chi connectivity index (χ0n) is 14.7. The average Bonchev–Trinajstić information content (AvgIpc) is 2.54. The highest BCUT2D eigenvalue weighted by atomic mass is 16.6. The lowest BCUT2D eigenvalue weighted by molar-refractivity contribution is 0.0197. The highest BCUT2D eigenvalue weighted by molar-refractivity contribution is 5.99. The quantitative estimate of drug-likeness (QED) is 0.317. The van der Waals surface area contributed by atoms with Gasteiger partial charge < -0.3 is 25.9 Å². The van der Waals surface area contributed by atoms with E-state index < -0.39 is 5.60 Å². The van der Waals surface area contributed by atoms with Gasteiger partial charge in [-0.05, 0) is 40.0 Å². The Morgan fingerprint density at radius 2 is 2.08 bits per heavy atom. The van der Waals surface area contributed by atoms with E-state index in [-0.39, 0.29) is 18.0 Å². The monoisotopic (exact) mass is 336 g/mol. The average molecular weight is 336 g/mol. The third kappa shape index (κ3) is 5.26. The van der Waals surface area contributed by atoms with E-state index in [0.717, 1.165) is 24.8 Å². The second kappa shape index (κ2) is 7.70. The lowest BCUT2D eigenvalue weighted by Gasteiger charge is -2.35. The molecule has 24 heavy (non-hydrogen) atoms. The fourth-order valence-electron chi connectivity index (χ4n) is 2.85. The molecule has 4 N–H and O–H groups in total. The Morgan fingerprint density at radius 1 is 1.42 bits per heavy atom. The molecule has 0 aromatic heterocycles. The standard InChI is InChI=1S/C17H28N4O3/c1-17(2,3)24-16(22)21-10-8-14(9-11-21)19-13-6-4-12(5-7-13)15(18)20-23/h4-6,13-14,19,23H,7-11H2,1-3H3,(H2,18,20). The van der Waals surface area contributed by atoms with Crippen LogP contribution in [-0.4, -0.2) is 52.8 Å². The van der Waals surface area contributed by atoms with E-state index in [2.05, 4.69) is 10.5 Å². The van der Waals surface area contributed by atoms with E-state index in [1.165, 1.54) is 0 Å². The maximum Gasteiger partial charge on any atom is 0.410 e. The van der Waals surface area contributed by atoms with Gasteiger partial charge in [0.05, 0.1) is 0 Å². The minimum Gasteiger partial charge on any atom is -0.444 e. The lowest BCUT2D eigenvalue weighted by Crippen LogP contribution is -2.48. The van der Waals surface area contributed by atoms with Crippen molar-refractivity contribution in [3.8, 4) is 0 Å². The Balaban J connectivity index is 1.76. The summed E-state index contributed by atoms with van der Waals surface area (Å²) in [6.07, 6.45) is 8.24. The van der Waals surface area contributed by atoms with Crippen molar-refractivity contribution in [2.45, 2.75) is 57.7 Å². The summed E-state index contributed by atoms with van der Waals surface area (Å²) in [7, 11) is 0. The zero-order valence-corrected chi connectivity index (χ0v) is 14.7. The van der Waals surface area contributed by atoms with Crippen LogP contribution in [0.3, 0.4) is 0 Å². The molecule has 1 aliphatic heterocycles. The van der Waals surface area contributed by atoms with Crippen molar-refractivity contribution in [3.05, 3.63) is 23.8 Å². The summed E-state index contributed by atoms with van der Waals surface area (Å²) in [5, 5.41) is 15.3. The number of likely N-dealkylation sites (tertiary alicyclic amines) is 1. The third-order valence-electron chi connectivity index (χ3n) is 4.10. The molecule has 1 amide bonds. The van der Waals surface area contributed by atoms with Crippen LogP contribution < -0.4 is 11.1 Å². The first-order chi connectivity index (χ1) is 11.3. The highest BCUT2D eigenvalue weighted by Gasteiger charge is 2.27. The van der Waals surface area contributed by atoms with Gasteiger partial charge in [-0.15, -0.1) is 0 Å². The number of piperidine rings is 1. The molecule has 0 spiro atoms. The largest absolute Gasteiger partial charge is 0.444 e. The summed E-state index contributed by atoms with van der Waals surface area (Å²) >= 11 is 0. The van der Waals surface area contributed by atoms with Crippen molar-refractivity contribution in [2.75, 3.05) is 13.1 Å². The van der Waals surface area contributed by atoms with Crippen LogP contribution in [0.2, 0.25) is 0 Å². The third-order valence-corrected chi connectivity index (χ3v) is 4.10. The van der Waals surface area contributed by atoms with Gasteiger partial charge in [-0.2, -0.15) is 0 Å². The molecule has 1 heterocycles. The Morgan fingerprint density at radius 3 is 2.58 bits per heavy atom. The van der Waals surface area contributed by atoms with Crippen LogP contribution in [0.4, 0.5) is 4.79 Å². The summed E-state index contributed by atoms with van der Waals surface area (Å²) in [6, 6.07) is 0.607. The highest BCUT2D eigenvalue weighted by Crippen LogP contribution is 2.18. The first-order valence-electron chi connectivity index (χ1n) is 8.39. The molecule has 2 rings (SSSR count). The number of carbonyl (C=O) groups excluding carboxylic acids is 1. The molecule has 1 fully saturated rings. The SMILES string of the molecule is CC(C)(C)OC(=O)N1CCC(NC2C=CC(/C(N)=N/O)=CC2)CC1. The molecule has 134 valence electrons. The van der Waals surface area contributed by atoms with Crippen LogP contribution in [0.5, 0.6) is 0 Å². The van der Waals surface area contributed by atoms with Gasteiger partial charge >= 0.3 is 6.09 Å². The maximum absolute atomic E-state index is 12.1. The predicted octanol–water partition coefficient (Wildman–Crippen LogP) is 1.98. The van der Waals surface area contributed by atoms with Crippen molar-refractivity contribution >= 4 is 11.9 Å². The van der Waals surface area contributed by atoms with Crippen LogP contribution >= 0.6 is 0 Å². The Bertz CT molecular complexity index is 541. The van der Waals surface area contributed by atoms with Gasteiger partial charge in [0.25, 0.3) is 0 Å². The van der Waals surface area contributed by atoms with E-state index in [1.807, 2.05) is 39.0 Å². The minimum atomic E-state index is -0.456. The predicted molar refractivity (Wildman–Crippen MR) is 93.0 cm³/mol. The van der Waals surface area contributed by atoms with Crippen molar-refractivity contribution in [3.63, 3.8) is 0 Å². The lowest BCUT2D eigenvalue weighted by atomic mass is 9.99. The Labute approximate surface area is 143 Å². The number of rotatable bonds is 3. The Kier molecular flexibility index (Phi) is 5.88. The van der Waals surface area contributed by atoms with Crippen LogP contribution in [0, 0.1) is 0 Å². The minimum absolute atomic E-state index is 0.135. The second-order valence-electron chi connectivity index (χ2n) is 7.25. The van der Waals surface area contributed by atoms with Crippen molar-refractivity contribution in [1.82, 2.24) is 10.2 Å². The summed E-state index contributed by atoms with van der Waals surface area (Å²) in [5.74, 6) is 0.135. The number of carbonyl (C=O) groups is 1. The topological polar surface area (TPSA) is 100 Å². The molecule has 0 radical (unpaired) electrons. The molecule has 0 saturated carbocycles. The fraction of sp³-hybridized carbons (Fsp3) is 0.647. The first-order valence-corrected chi connectivity index (χ1v) is 8.39. The number of ether oxygens (including phenoxy) is 1. The van der Waals surface area contributed by atoms with Gasteiger partial charge in [0.15, 0.2) is 5.84 Å². The number of hydrogen-bond donors (Lipinski definition) is 3. The van der Waals surface area contributed by atoms with Gasteiger partial charge in [-0.25, -0.2) is 4.79 Å². The fourth-order valence-corrected chi connectivity index (χ4v) is 2.85. The van der Waals surface area contributed by atoms with E-state index in [0.29, 0.717) is 19.1 Å². The molecule has 0 bridgehead atoms. The van der Waals surface area contributed by atoms with Gasteiger partial charge in [0.2, 0.25) is 0 Å². The summed E-state index contributed by atoms with van der Waals surface area (Å²) in [5.41, 5.74) is 5.87. The van der Waals surface area contributed by atoms with Crippen LogP contribution in [-0.2, 0) is 4.74 Å². The van der Waals surface area contributed by atoms with Gasteiger partial charge in [-0.3, -0.25) is 0 Å². The summed E-state index contributed by atoms with van der Waals surface area (Å²) < 4.78 is 5.41. The van der Waals surface area contributed by atoms with E-state index in [1.54, 1.807) is 4.90 Å². The summed E-state index contributed by atoms with van der Waals surface area (Å²) in [6.45, 7) is 7.04. The molecule has 1 saturated heterocycles. The van der Waals surface area contributed by atoms with Gasteiger partial charge in [0.1, 0.15) is 5.60 Å². The molecule has 7 heteroatoms. The van der Waals surface area contributed by atoms with Crippen LogP contribution in [0.25, 0.3) is 0 Å². The molecule has 0 aromatic rings. The number of nitrogens with zero attached hydrogens (tertiary/aromatic N) is 2. The summed E-state index contributed by atoms with van der Waals surface area (Å²) in [4.78, 5) is 13.8. The van der Waals surface area contributed by atoms with Crippen molar-refractivity contribution < 1.29 is 14.7 Å². The van der Waals surface area contributed by atoms with Gasteiger partial charge in [-0.1, -0.05) is 23.4 Å². The Hall–Kier alpha value is -2.02. The number of nitrogens with one attached hydrogen (secondary N) is 1. The number of nitrogens with two attached hydrogens (primary N) is 1. The molecular formula is C17H28N4O3.